The minimum Gasteiger partial charge on any atom is -0.364 e. The van der Waals surface area contributed by atoms with Gasteiger partial charge in [0.25, 0.3) is 0 Å². The van der Waals surface area contributed by atoms with Crippen LogP contribution in [-0.2, 0) is 0 Å². The van der Waals surface area contributed by atoms with Crippen LogP contribution in [0.2, 0.25) is 0 Å². The summed E-state index contributed by atoms with van der Waals surface area (Å²) in [6.07, 6.45) is 1.61. The Morgan fingerprint density at radius 1 is 1.47 bits per heavy atom. The Bertz CT molecular complexity index is 492. The Morgan fingerprint density at radius 2 is 2.27 bits per heavy atom. The third-order valence-electron chi connectivity index (χ3n) is 2.02. The fraction of sp³-hybridized carbons (Fsp3) is 0.200. The Kier molecular flexibility index (Phi) is 2.55. The van der Waals surface area contributed by atoms with E-state index < -0.39 is 0 Å². The minimum atomic E-state index is 0.665. The zero-order valence-electron chi connectivity index (χ0n) is 8.52. The standard InChI is InChI=1S/C10H11N3OS/c1-13(2)10(15)11-8-4-3-7-6-14-12-9(7)5-8/h3-6H,1-2H3,(H,11,15). The van der Waals surface area contributed by atoms with Gasteiger partial charge in [-0.3, -0.25) is 0 Å². The minimum absolute atomic E-state index is 0.665. The molecule has 0 radical (unpaired) electrons. The normalized spacial score (nSPS) is 10.3. The van der Waals surface area contributed by atoms with Crippen LogP contribution in [-0.4, -0.2) is 29.3 Å². The summed E-state index contributed by atoms with van der Waals surface area (Å²) in [6.45, 7) is 0. The molecule has 2 rings (SSSR count). The molecule has 0 spiro atoms. The molecule has 0 unspecified atom stereocenters. The van der Waals surface area contributed by atoms with E-state index in [1.165, 1.54) is 0 Å². The number of nitrogens with zero attached hydrogens (tertiary/aromatic N) is 2. The third-order valence-corrected chi connectivity index (χ3v) is 2.49. The van der Waals surface area contributed by atoms with Crippen molar-refractivity contribution in [3.05, 3.63) is 24.5 Å². The van der Waals surface area contributed by atoms with E-state index in [1.54, 1.807) is 6.26 Å². The van der Waals surface area contributed by atoms with E-state index in [4.69, 9.17) is 16.7 Å². The number of hydrogen-bond donors (Lipinski definition) is 1. The molecule has 1 aromatic carbocycles. The summed E-state index contributed by atoms with van der Waals surface area (Å²) in [5, 5.41) is 8.61. The molecule has 0 saturated heterocycles. The second-order valence-corrected chi connectivity index (χ2v) is 3.80. The molecule has 0 bridgehead atoms. The average molecular weight is 221 g/mol. The highest BCUT2D eigenvalue weighted by Gasteiger charge is 2.02. The predicted molar refractivity (Wildman–Crippen MR) is 63.9 cm³/mol. The van der Waals surface area contributed by atoms with Crippen molar-refractivity contribution >= 4 is 33.9 Å². The lowest BCUT2D eigenvalue weighted by Crippen LogP contribution is -2.26. The molecule has 0 atom stereocenters. The molecule has 0 aliphatic carbocycles. The zero-order valence-corrected chi connectivity index (χ0v) is 9.34. The quantitative estimate of drug-likeness (QED) is 0.747. The van der Waals surface area contributed by atoms with Crippen molar-refractivity contribution in [2.24, 2.45) is 0 Å². The van der Waals surface area contributed by atoms with Crippen molar-refractivity contribution in [1.82, 2.24) is 10.1 Å². The number of rotatable bonds is 1. The first-order valence-electron chi connectivity index (χ1n) is 4.49. The summed E-state index contributed by atoms with van der Waals surface area (Å²) in [5.41, 5.74) is 1.73. The molecule has 1 aromatic heterocycles. The van der Waals surface area contributed by atoms with E-state index in [0.29, 0.717) is 5.11 Å². The van der Waals surface area contributed by atoms with Crippen molar-refractivity contribution in [1.29, 1.82) is 0 Å². The van der Waals surface area contributed by atoms with Crippen molar-refractivity contribution < 1.29 is 4.52 Å². The van der Waals surface area contributed by atoms with Gasteiger partial charge in [0.1, 0.15) is 11.8 Å². The molecule has 1 heterocycles. The fourth-order valence-electron chi connectivity index (χ4n) is 1.18. The van der Waals surface area contributed by atoms with Crippen LogP contribution in [0, 0.1) is 0 Å². The van der Waals surface area contributed by atoms with E-state index in [9.17, 15) is 0 Å². The van der Waals surface area contributed by atoms with Crippen LogP contribution >= 0.6 is 12.2 Å². The predicted octanol–water partition coefficient (Wildman–Crippen LogP) is 2.09. The van der Waals surface area contributed by atoms with Gasteiger partial charge in [-0.1, -0.05) is 5.16 Å². The number of anilines is 1. The maximum absolute atomic E-state index is 5.13. The molecule has 0 amide bonds. The largest absolute Gasteiger partial charge is 0.364 e. The summed E-state index contributed by atoms with van der Waals surface area (Å²) in [7, 11) is 3.79. The Morgan fingerprint density at radius 3 is 3.00 bits per heavy atom. The molecular weight excluding hydrogens is 210 g/mol. The molecule has 15 heavy (non-hydrogen) atoms. The van der Waals surface area contributed by atoms with Crippen LogP contribution < -0.4 is 5.32 Å². The lowest BCUT2D eigenvalue weighted by atomic mass is 10.2. The van der Waals surface area contributed by atoms with Crippen molar-refractivity contribution in [2.45, 2.75) is 0 Å². The van der Waals surface area contributed by atoms with Crippen LogP contribution in [0.5, 0.6) is 0 Å². The first kappa shape index (κ1) is 9.92. The molecule has 0 aliphatic rings. The Balaban J connectivity index is 2.25. The second kappa shape index (κ2) is 3.86. The number of hydrogen-bond acceptors (Lipinski definition) is 3. The number of thiocarbonyl (C=S) groups is 1. The van der Waals surface area contributed by atoms with Gasteiger partial charge < -0.3 is 14.7 Å². The van der Waals surface area contributed by atoms with Crippen LogP contribution in [0.3, 0.4) is 0 Å². The summed E-state index contributed by atoms with van der Waals surface area (Å²) < 4.78 is 4.85. The van der Waals surface area contributed by atoms with Gasteiger partial charge in [0, 0.05) is 25.2 Å². The van der Waals surface area contributed by atoms with E-state index >= 15 is 0 Å². The van der Waals surface area contributed by atoms with Crippen LogP contribution in [0.15, 0.2) is 29.0 Å². The van der Waals surface area contributed by atoms with Gasteiger partial charge in [-0.2, -0.15) is 0 Å². The molecule has 1 N–H and O–H groups in total. The Hall–Kier alpha value is -1.62. The van der Waals surface area contributed by atoms with E-state index in [1.807, 2.05) is 37.2 Å². The number of benzene rings is 1. The number of aromatic nitrogens is 1. The van der Waals surface area contributed by atoms with Gasteiger partial charge >= 0.3 is 0 Å². The average Bonchev–Trinajstić information content (AvgIpc) is 2.64. The highest BCUT2D eigenvalue weighted by atomic mass is 32.1. The first-order chi connectivity index (χ1) is 7.16. The van der Waals surface area contributed by atoms with Crippen LogP contribution in [0.4, 0.5) is 5.69 Å². The molecule has 0 saturated carbocycles. The maximum atomic E-state index is 5.13. The van der Waals surface area contributed by atoms with Gasteiger partial charge in [0.05, 0.1) is 0 Å². The maximum Gasteiger partial charge on any atom is 0.172 e. The lowest BCUT2D eigenvalue weighted by molar-refractivity contribution is 0.428. The Labute approximate surface area is 92.8 Å². The van der Waals surface area contributed by atoms with Gasteiger partial charge in [0.2, 0.25) is 0 Å². The topological polar surface area (TPSA) is 41.3 Å². The highest BCUT2D eigenvalue weighted by molar-refractivity contribution is 7.80. The SMILES string of the molecule is CN(C)C(=S)Nc1ccc2conc2c1. The molecule has 0 fully saturated rings. The molecular formula is C10H11N3OS. The van der Waals surface area contributed by atoms with Crippen molar-refractivity contribution in [3.8, 4) is 0 Å². The van der Waals surface area contributed by atoms with Crippen molar-refractivity contribution in [2.75, 3.05) is 19.4 Å². The van der Waals surface area contributed by atoms with E-state index in [2.05, 4.69) is 10.5 Å². The summed E-state index contributed by atoms with van der Waals surface area (Å²) in [6, 6.07) is 5.77. The molecule has 0 aliphatic heterocycles. The van der Waals surface area contributed by atoms with Gasteiger partial charge in [-0.05, 0) is 30.4 Å². The number of nitrogens with one attached hydrogen (secondary N) is 1. The summed E-state index contributed by atoms with van der Waals surface area (Å²) >= 11 is 5.13. The summed E-state index contributed by atoms with van der Waals surface area (Å²) in [4.78, 5) is 1.84. The first-order valence-corrected chi connectivity index (χ1v) is 4.90. The smallest absolute Gasteiger partial charge is 0.172 e. The molecule has 4 nitrogen and oxygen atoms in total. The second-order valence-electron chi connectivity index (χ2n) is 3.41. The van der Waals surface area contributed by atoms with Gasteiger partial charge in [0.15, 0.2) is 5.11 Å². The van der Waals surface area contributed by atoms with Crippen LogP contribution in [0.25, 0.3) is 10.9 Å². The zero-order chi connectivity index (χ0) is 10.8. The number of fused-ring (bicyclic) bond motifs is 1. The summed E-state index contributed by atoms with van der Waals surface area (Å²) in [5.74, 6) is 0. The van der Waals surface area contributed by atoms with Gasteiger partial charge in [-0.15, -0.1) is 0 Å². The molecule has 78 valence electrons. The monoisotopic (exact) mass is 221 g/mol. The molecule has 5 heteroatoms. The van der Waals surface area contributed by atoms with E-state index in [-0.39, 0.29) is 0 Å². The molecule has 2 aromatic rings. The van der Waals surface area contributed by atoms with E-state index in [0.717, 1.165) is 16.6 Å². The van der Waals surface area contributed by atoms with Crippen LogP contribution in [0.1, 0.15) is 0 Å². The van der Waals surface area contributed by atoms with Crippen molar-refractivity contribution in [3.63, 3.8) is 0 Å². The third kappa shape index (κ3) is 2.07. The highest BCUT2D eigenvalue weighted by Crippen LogP contribution is 2.17. The van der Waals surface area contributed by atoms with Gasteiger partial charge in [-0.25, -0.2) is 0 Å². The fourth-order valence-corrected chi connectivity index (χ4v) is 1.29. The lowest BCUT2D eigenvalue weighted by Gasteiger charge is -2.15.